The minimum Gasteiger partial charge on any atom is -0.436 e. The Labute approximate surface area is 143 Å². The van der Waals surface area contributed by atoms with Gasteiger partial charge in [0, 0.05) is 19.0 Å². The molecule has 1 aromatic carbocycles. The van der Waals surface area contributed by atoms with Gasteiger partial charge in [0.2, 0.25) is 0 Å². The van der Waals surface area contributed by atoms with Crippen LogP contribution in [0.1, 0.15) is 36.8 Å². The van der Waals surface area contributed by atoms with E-state index < -0.39 is 11.7 Å². The van der Waals surface area contributed by atoms with Crippen LogP contribution in [0.15, 0.2) is 30.5 Å². The highest BCUT2D eigenvalue weighted by atomic mass is 35.5. The predicted molar refractivity (Wildman–Crippen MR) is 87.1 cm³/mol. The normalized spacial score (nSPS) is 15.1. The van der Waals surface area contributed by atoms with Crippen LogP contribution in [0.5, 0.6) is 11.6 Å². The monoisotopic (exact) mass is 347 g/mol. The van der Waals surface area contributed by atoms with Crippen LogP contribution in [0, 0.1) is 5.82 Å². The lowest BCUT2D eigenvalue weighted by Crippen LogP contribution is -2.14. The number of benzene rings is 1. The predicted octanol–water partition coefficient (Wildman–Crippen LogP) is 4.24. The van der Waals surface area contributed by atoms with E-state index in [1.54, 1.807) is 18.2 Å². The van der Waals surface area contributed by atoms with Gasteiger partial charge in [-0.15, -0.1) is 0 Å². The number of ketones is 2. The Kier molecular flexibility index (Phi) is 4.62. The number of halogens is 2. The van der Waals surface area contributed by atoms with E-state index in [-0.39, 0.29) is 35.3 Å². The van der Waals surface area contributed by atoms with E-state index >= 15 is 0 Å². The Bertz CT molecular complexity index is 806. The van der Waals surface area contributed by atoms with Gasteiger partial charge in [-0.1, -0.05) is 24.6 Å². The van der Waals surface area contributed by atoms with Gasteiger partial charge in [-0.25, -0.2) is 9.37 Å². The third-order valence-corrected chi connectivity index (χ3v) is 4.27. The number of aromatic nitrogens is 1. The molecule has 3 rings (SSSR count). The van der Waals surface area contributed by atoms with Gasteiger partial charge >= 0.3 is 0 Å². The minimum absolute atomic E-state index is 0.0809. The largest absolute Gasteiger partial charge is 0.436 e. The Morgan fingerprint density at radius 2 is 1.96 bits per heavy atom. The number of aryl methyl sites for hydroxylation is 1. The van der Waals surface area contributed by atoms with Crippen molar-refractivity contribution < 1.29 is 18.7 Å². The van der Waals surface area contributed by atoms with E-state index in [0.29, 0.717) is 17.7 Å². The second-order valence-corrected chi connectivity index (χ2v) is 6.06. The van der Waals surface area contributed by atoms with Gasteiger partial charge in [0.05, 0.1) is 5.02 Å². The second-order valence-electron chi connectivity index (χ2n) is 5.62. The van der Waals surface area contributed by atoms with Gasteiger partial charge in [0.1, 0.15) is 23.2 Å². The Balaban J connectivity index is 1.97. The maximum absolute atomic E-state index is 13.8. The summed E-state index contributed by atoms with van der Waals surface area (Å²) in [5.41, 5.74) is 1.54. The van der Waals surface area contributed by atoms with Crippen LogP contribution in [-0.2, 0) is 16.0 Å². The first-order valence-electron chi connectivity index (χ1n) is 7.66. The third-order valence-electron chi connectivity index (χ3n) is 4.06. The van der Waals surface area contributed by atoms with Gasteiger partial charge in [-0.05, 0) is 35.7 Å². The number of Topliss-reactive ketones (excluding diaryl/α,β-unsaturated/α-hetero) is 2. The Hall–Kier alpha value is -2.27. The van der Waals surface area contributed by atoms with Crippen LogP contribution in [0.25, 0.3) is 0 Å². The quantitative estimate of drug-likeness (QED) is 0.776. The number of ether oxygens (including phenoxy) is 1. The van der Waals surface area contributed by atoms with Crippen molar-refractivity contribution in [2.75, 3.05) is 0 Å². The first-order valence-corrected chi connectivity index (χ1v) is 8.04. The molecular weight excluding hydrogens is 333 g/mol. The zero-order chi connectivity index (χ0) is 17.3. The van der Waals surface area contributed by atoms with Crippen LogP contribution in [-0.4, -0.2) is 16.6 Å². The smallest absolute Gasteiger partial charge is 0.255 e. The summed E-state index contributed by atoms with van der Waals surface area (Å²) in [5, 5.41) is 0.170. The Morgan fingerprint density at radius 3 is 2.58 bits per heavy atom. The van der Waals surface area contributed by atoms with E-state index in [1.807, 2.05) is 6.92 Å². The molecule has 4 nitrogen and oxygen atoms in total. The van der Waals surface area contributed by atoms with Crippen molar-refractivity contribution in [2.45, 2.75) is 32.1 Å². The molecule has 1 fully saturated rings. The van der Waals surface area contributed by atoms with Gasteiger partial charge in [-0.3, -0.25) is 9.59 Å². The number of hydrogen-bond acceptors (Lipinski definition) is 4. The van der Waals surface area contributed by atoms with Crippen LogP contribution in [0.3, 0.4) is 0 Å². The summed E-state index contributed by atoms with van der Waals surface area (Å²) in [6, 6.07) is 6.19. The maximum atomic E-state index is 13.8. The van der Waals surface area contributed by atoms with Crippen molar-refractivity contribution in [3.63, 3.8) is 0 Å². The SMILES string of the molecule is CCc1ccc(Oc2ncc(Cl)cc2F)cc1C1C(=O)CCC1=O. The van der Waals surface area contributed by atoms with Crippen LogP contribution < -0.4 is 4.74 Å². The molecule has 1 saturated carbocycles. The number of carbonyl (C=O) groups excluding carboxylic acids is 2. The van der Waals surface area contributed by atoms with Gasteiger partial charge in [-0.2, -0.15) is 0 Å². The highest BCUT2D eigenvalue weighted by molar-refractivity contribution is 6.30. The highest BCUT2D eigenvalue weighted by Crippen LogP contribution is 2.34. The minimum atomic E-state index is -0.744. The molecule has 0 spiro atoms. The summed E-state index contributed by atoms with van der Waals surface area (Å²) in [5.74, 6) is -1.48. The second kappa shape index (κ2) is 6.69. The number of nitrogens with zero attached hydrogens (tertiary/aromatic N) is 1. The number of pyridine rings is 1. The molecule has 0 aliphatic heterocycles. The number of hydrogen-bond donors (Lipinski definition) is 0. The van der Waals surface area contributed by atoms with Crippen LogP contribution in [0.2, 0.25) is 5.02 Å². The van der Waals surface area contributed by atoms with Crippen molar-refractivity contribution in [2.24, 2.45) is 0 Å². The average molecular weight is 348 g/mol. The fourth-order valence-corrected chi connectivity index (χ4v) is 3.02. The summed E-state index contributed by atoms with van der Waals surface area (Å²) in [4.78, 5) is 27.9. The van der Waals surface area contributed by atoms with E-state index in [0.717, 1.165) is 11.6 Å². The van der Waals surface area contributed by atoms with Crippen molar-refractivity contribution >= 4 is 23.2 Å². The molecule has 0 N–H and O–H groups in total. The molecule has 0 unspecified atom stereocenters. The van der Waals surface area contributed by atoms with Crippen molar-refractivity contribution in [3.8, 4) is 11.6 Å². The molecule has 0 saturated heterocycles. The van der Waals surface area contributed by atoms with E-state index in [4.69, 9.17) is 16.3 Å². The molecule has 2 aromatic rings. The zero-order valence-electron chi connectivity index (χ0n) is 13.0. The summed E-state index contributed by atoms with van der Waals surface area (Å²) in [6.07, 6.45) is 2.50. The summed E-state index contributed by atoms with van der Waals surface area (Å²) in [6.45, 7) is 1.95. The number of carbonyl (C=O) groups is 2. The standard InChI is InChI=1S/C18H15ClFNO3/c1-2-10-3-4-12(24-18-14(20)7-11(19)9-21-18)8-13(10)17-15(22)5-6-16(17)23/h3-4,7-9,17H,2,5-6H2,1H3. The average Bonchev–Trinajstić information content (AvgIpc) is 2.89. The highest BCUT2D eigenvalue weighted by Gasteiger charge is 2.35. The van der Waals surface area contributed by atoms with Crippen molar-refractivity contribution in [1.29, 1.82) is 0 Å². The fraction of sp³-hybridized carbons (Fsp3) is 0.278. The zero-order valence-corrected chi connectivity index (χ0v) is 13.8. The topological polar surface area (TPSA) is 56.3 Å². The molecular formula is C18H15ClFNO3. The molecule has 0 atom stereocenters. The molecule has 1 aliphatic rings. The summed E-state index contributed by atoms with van der Waals surface area (Å²) in [7, 11) is 0. The van der Waals surface area contributed by atoms with E-state index in [1.165, 1.54) is 6.20 Å². The lowest BCUT2D eigenvalue weighted by Gasteiger charge is -2.15. The fourth-order valence-electron chi connectivity index (χ4n) is 2.88. The van der Waals surface area contributed by atoms with E-state index in [2.05, 4.69) is 4.98 Å². The lowest BCUT2D eigenvalue weighted by molar-refractivity contribution is -0.123. The Morgan fingerprint density at radius 1 is 1.25 bits per heavy atom. The molecule has 0 bridgehead atoms. The maximum Gasteiger partial charge on any atom is 0.255 e. The summed E-state index contributed by atoms with van der Waals surface area (Å²) >= 11 is 5.67. The molecule has 0 amide bonds. The molecule has 1 aromatic heterocycles. The number of rotatable bonds is 4. The van der Waals surface area contributed by atoms with E-state index in [9.17, 15) is 14.0 Å². The first-order chi connectivity index (χ1) is 11.5. The third kappa shape index (κ3) is 3.17. The molecule has 1 aliphatic carbocycles. The molecule has 124 valence electrons. The molecule has 24 heavy (non-hydrogen) atoms. The van der Waals surface area contributed by atoms with Gasteiger partial charge < -0.3 is 4.74 Å². The molecule has 1 heterocycles. The first kappa shape index (κ1) is 16.6. The summed E-state index contributed by atoms with van der Waals surface area (Å²) < 4.78 is 19.3. The van der Waals surface area contributed by atoms with Gasteiger partial charge in [0.25, 0.3) is 5.88 Å². The van der Waals surface area contributed by atoms with Crippen LogP contribution >= 0.6 is 11.6 Å². The van der Waals surface area contributed by atoms with Gasteiger partial charge in [0.15, 0.2) is 5.82 Å². The molecule has 6 heteroatoms. The molecule has 0 radical (unpaired) electrons. The van der Waals surface area contributed by atoms with Crippen molar-refractivity contribution in [1.82, 2.24) is 4.98 Å². The van der Waals surface area contributed by atoms with Crippen LogP contribution in [0.4, 0.5) is 4.39 Å². The lowest BCUT2D eigenvalue weighted by atomic mass is 9.90. The van der Waals surface area contributed by atoms with Crippen molar-refractivity contribution in [3.05, 3.63) is 52.4 Å².